The number of nitrogens with zero attached hydrogens (tertiary/aromatic N) is 4. The van der Waals surface area contributed by atoms with E-state index in [-0.39, 0.29) is 17.1 Å². The lowest BCUT2D eigenvalue weighted by Crippen LogP contribution is -2.38. The van der Waals surface area contributed by atoms with Gasteiger partial charge in [0.05, 0.1) is 6.33 Å². The normalized spacial score (nSPS) is 12.1. The number of anilines is 1. The Morgan fingerprint density at radius 3 is 2.37 bits per heavy atom. The molecule has 30 heavy (non-hydrogen) atoms. The lowest BCUT2D eigenvalue weighted by molar-refractivity contribution is -0.118. The molecule has 2 aromatic heterocycles. The molecule has 0 radical (unpaired) electrons. The third kappa shape index (κ3) is 3.12. The van der Waals surface area contributed by atoms with Crippen molar-refractivity contribution in [3.63, 3.8) is 0 Å². The second-order valence-electron chi connectivity index (χ2n) is 7.11. The average molecular weight is 403 g/mol. The van der Waals surface area contributed by atoms with Crippen LogP contribution in [0.2, 0.25) is 0 Å². The highest BCUT2D eigenvalue weighted by Gasteiger charge is 2.22. The van der Waals surface area contributed by atoms with Crippen molar-refractivity contribution in [2.75, 3.05) is 5.32 Å². The quantitative estimate of drug-likeness (QED) is 0.566. The van der Waals surface area contributed by atoms with E-state index in [1.807, 2.05) is 54.6 Å². The number of rotatable bonds is 4. The molecule has 2 aromatic carbocycles. The van der Waals surface area contributed by atoms with Crippen molar-refractivity contribution in [1.82, 2.24) is 18.7 Å². The van der Waals surface area contributed by atoms with Gasteiger partial charge in [-0.15, -0.1) is 0 Å². The molecule has 0 aliphatic heterocycles. The first kappa shape index (κ1) is 19.4. The number of benzene rings is 2. The second-order valence-corrected chi connectivity index (χ2v) is 7.11. The lowest BCUT2D eigenvalue weighted by Gasteiger charge is -2.17. The highest BCUT2D eigenvalue weighted by molar-refractivity contribution is 5.98. The molecule has 1 N–H and O–H groups in total. The van der Waals surface area contributed by atoms with Crippen LogP contribution in [0.25, 0.3) is 22.3 Å². The Kier molecular flexibility index (Phi) is 4.83. The van der Waals surface area contributed by atoms with Crippen LogP contribution in [0.1, 0.15) is 13.0 Å². The summed E-state index contributed by atoms with van der Waals surface area (Å²) in [4.78, 5) is 42.0. The van der Waals surface area contributed by atoms with Crippen molar-refractivity contribution in [3.8, 4) is 11.1 Å². The van der Waals surface area contributed by atoms with E-state index in [0.29, 0.717) is 5.69 Å². The van der Waals surface area contributed by atoms with E-state index >= 15 is 0 Å². The average Bonchev–Trinajstić information content (AvgIpc) is 3.22. The fraction of sp³-hybridized carbons (Fsp3) is 0.182. The minimum atomic E-state index is -0.718. The third-order valence-electron chi connectivity index (χ3n) is 5.24. The van der Waals surface area contributed by atoms with E-state index in [1.54, 1.807) is 14.0 Å². The number of imidazole rings is 1. The van der Waals surface area contributed by atoms with Crippen LogP contribution in [0.15, 0.2) is 70.5 Å². The topological polar surface area (TPSA) is 90.9 Å². The van der Waals surface area contributed by atoms with Crippen LogP contribution in [0.4, 0.5) is 5.69 Å². The molecule has 8 nitrogen and oxygen atoms in total. The van der Waals surface area contributed by atoms with Crippen molar-refractivity contribution < 1.29 is 4.79 Å². The van der Waals surface area contributed by atoms with E-state index in [2.05, 4.69) is 10.3 Å². The van der Waals surface area contributed by atoms with Crippen LogP contribution in [0, 0.1) is 0 Å². The van der Waals surface area contributed by atoms with Crippen LogP contribution in [-0.2, 0) is 18.9 Å². The number of aryl methyl sites for hydroxylation is 1. The summed E-state index contributed by atoms with van der Waals surface area (Å²) in [5.41, 5.74) is 2.04. The Labute approximate surface area is 172 Å². The summed E-state index contributed by atoms with van der Waals surface area (Å²) in [6.45, 7) is 1.69. The zero-order valence-corrected chi connectivity index (χ0v) is 16.9. The first-order valence-electron chi connectivity index (χ1n) is 9.48. The molecular weight excluding hydrogens is 382 g/mol. The van der Waals surface area contributed by atoms with E-state index < -0.39 is 17.3 Å². The Hall–Kier alpha value is -3.94. The molecule has 0 spiro atoms. The fourth-order valence-electron chi connectivity index (χ4n) is 3.48. The molecule has 0 saturated heterocycles. The maximum atomic E-state index is 13.0. The lowest BCUT2D eigenvalue weighted by atomic mass is 10.0. The van der Waals surface area contributed by atoms with Crippen LogP contribution >= 0.6 is 0 Å². The molecule has 1 atom stereocenters. The van der Waals surface area contributed by atoms with Crippen molar-refractivity contribution in [2.24, 2.45) is 14.1 Å². The maximum absolute atomic E-state index is 13.0. The molecule has 4 rings (SSSR count). The van der Waals surface area contributed by atoms with Gasteiger partial charge in [-0.2, -0.15) is 0 Å². The van der Waals surface area contributed by atoms with Gasteiger partial charge in [0.2, 0.25) is 5.91 Å². The predicted molar refractivity (Wildman–Crippen MR) is 115 cm³/mol. The molecule has 152 valence electrons. The minimum Gasteiger partial charge on any atom is -0.324 e. The Balaban J connectivity index is 1.72. The van der Waals surface area contributed by atoms with Gasteiger partial charge in [0.15, 0.2) is 11.2 Å². The highest BCUT2D eigenvalue weighted by atomic mass is 16.2. The zero-order chi connectivity index (χ0) is 21.4. The number of fused-ring (bicyclic) bond motifs is 1. The SMILES string of the molecule is CC(C(=O)Nc1ccccc1-c1ccccc1)n1cnc2c1c(=O)n(C)c(=O)n2C. The van der Waals surface area contributed by atoms with Crippen molar-refractivity contribution in [2.45, 2.75) is 13.0 Å². The Morgan fingerprint density at radius 1 is 0.967 bits per heavy atom. The van der Waals surface area contributed by atoms with Gasteiger partial charge in [0.25, 0.3) is 5.56 Å². The fourth-order valence-corrected chi connectivity index (χ4v) is 3.48. The van der Waals surface area contributed by atoms with Crippen LogP contribution < -0.4 is 16.6 Å². The molecule has 0 bridgehead atoms. The summed E-state index contributed by atoms with van der Waals surface area (Å²) in [7, 11) is 2.95. The van der Waals surface area contributed by atoms with Crippen LogP contribution in [0.3, 0.4) is 0 Å². The summed E-state index contributed by atoms with van der Waals surface area (Å²) in [6.07, 6.45) is 1.42. The van der Waals surface area contributed by atoms with Gasteiger partial charge in [-0.25, -0.2) is 9.78 Å². The first-order chi connectivity index (χ1) is 14.4. The number of hydrogen-bond acceptors (Lipinski definition) is 4. The molecular formula is C22H21N5O3. The second kappa shape index (κ2) is 7.47. The largest absolute Gasteiger partial charge is 0.332 e. The summed E-state index contributed by atoms with van der Waals surface area (Å²) in [6, 6.07) is 16.6. The van der Waals surface area contributed by atoms with Crippen molar-refractivity contribution in [3.05, 3.63) is 81.8 Å². The molecule has 1 amide bonds. The molecule has 0 saturated carbocycles. The smallest absolute Gasteiger partial charge is 0.324 e. The Morgan fingerprint density at radius 2 is 1.63 bits per heavy atom. The van der Waals surface area contributed by atoms with Gasteiger partial charge < -0.3 is 9.88 Å². The standard InChI is InChI=1S/C22H21N5O3/c1-14(27-13-23-19-18(27)21(29)26(3)22(30)25(19)2)20(28)24-17-12-8-7-11-16(17)15-9-5-4-6-10-15/h4-14H,1-3H3,(H,24,28). The number of carbonyl (C=O) groups excluding carboxylic acids is 1. The maximum Gasteiger partial charge on any atom is 0.332 e. The molecule has 2 heterocycles. The number of para-hydroxylation sites is 1. The highest BCUT2D eigenvalue weighted by Crippen LogP contribution is 2.28. The van der Waals surface area contributed by atoms with E-state index in [4.69, 9.17) is 0 Å². The summed E-state index contributed by atoms with van der Waals surface area (Å²) in [5, 5.41) is 2.96. The van der Waals surface area contributed by atoms with E-state index in [1.165, 1.54) is 22.5 Å². The van der Waals surface area contributed by atoms with E-state index in [9.17, 15) is 14.4 Å². The third-order valence-corrected chi connectivity index (χ3v) is 5.24. The monoisotopic (exact) mass is 403 g/mol. The van der Waals surface area contributed by atoms with Crippen molar-refractivity contribution >= 4 is 22.8 Å². The number of amides is 1. The Bertz CT molecular complexity index is 1370. The van der Waals surface area contributed by atoms with Gasteiger partial charge in [0, 0.05) is 25.3 Å². The van der Waals surface area contributed by atoms with Gasteiger partial charge >= 0.3 is 5.69 Å². The van der Waals surface area contributed by atoms with Gasteiger partial charge in [-0.3, -0.25) is 18.7 Å². The number of hydrogen-bond donors (Lipinski definition) is 1. The van der Waals surface area contributed by atoms with Gasteiger partial charge in [-0.05, 0) is 18.6 Å². The zero-order valence-electron chi connectivity index (χ0n) is 16.9. The number of nitrogens with one attached hydrogen (secondary N) is 1. The van der Waals surface area contributed by atoms with Gasteiger partial charge in [0.1, 0.15) is 6.04 Å². The van der Waals surface area contributed by atoms with Gasteiger partial charge in [-0.1, -0.05) is 48.5 Å². The molecule has 0 aliphatic carbocycles. The summed E-state index contributed by atoms with van der Waals surface area (Å²) < 4.78 is 3.80. The first-order valence-corrected chi connectivity index (χ1v) is 9.48. The molecule has 0 fully saturated rings. The van der Waals surface area contributed by atoms with Crippen LogP contribution in [0.5, 0.6) is 0 Å². The molecule has 0 aliphatic rings. The van der Waals surface area contributed by atoms with Crippen molar-refractivity contribution in [1.29, 1.82) is 0 Å². The number of aromatic nitrogens is 4. The van der Waals surface area contributed by atoms with Crippen LogP contribution in [-0.4, -0.2) is 24.6 Å². The predicted octanol–water partition coefficient (Wildman–Crippen LogP) is 2.30. The molecule has 8 heteroatoms. The molecule has 4 aromatic rings. The molecule has 1 unspecified atom stereocenters. The summed E-state index contributed by atoms with van der Waals surface area (Å²) >= 11 is 0. The minimum absolute atomic E-state index is 0.207. The number of carbonyl (C=O) groups is 1. The summed E-state index contributed by atoms with van der Waals surface area (Å²) in [5.74, 6) is -0.298. The van der Waals surface area contributed by atoms with E-state index in [0.717, 1.165) is 15.7 Å².